The summed E-state index contributed by atoms with van der Waals surface area (Å²) in [6.07, 6.45) is 0. The van der Waals surface area contributed by atoms with E-state index in [0.29, 0.717) is 5.69 Å². The van der Waals surface area contributed by atoms with Gasteiger partial charge in [-0.3, -0.25) is 4.79 Å². The highest BCUT2D eigenvalue weighted by Gasteiger charge is 2.11. The fraction of sp³-hybridized carbons (Fsp3) is 0.0833. The van der Waals surface area contributed by atoms with Gasteiger partial charge in [0.1, 0.15) is 12.4 Å². The Balaban J connectivity index is 2.27. The third kappa shape index (κ3) is 3.34. The maximum atomic E-state index is 13.1. The second-order valence-corrected chi connectivity index (χ2v) is 4.00. The molecule has 96 valence electrons. The lowest BCUT2D eigenvalue weighted by Gasteiger charge is -2.05. The number of rotatable bonds is 2. The van der Waals surface area contributed by atoms with E-state index < -0.39 is 11.7 Å². The number of benzene rings is 1. The predicted molar refractivity (Wildman–Crippen MR) is 68.2 cm³/mol. The molecular formula is C12H8FN3O2S. The number of hydrogen-bond donors (Lipinski definition) is 2. The minimum absolute atomic E-state index is 0.176. The molecule has 2 aromatic rings. The number of aliphatic hydroxyl groups excluding tert-OH is 1. The molecule has 7 heteroatoms. The zero-order chi connectivity index (χ0) is 13.7. The van der Waals surface area contributed by atoms with Gasteiger partial charge in [-0.1, -0.05) is 16.3 Å². The smallest absolute Gasteiger partial charge is 0.277 e. The van der Waals surface area contributed by atoms with Crippen LogP contribution in [0.3, 0.4) is 0 Å². The summed E-state index contributed by atoms with van der Waals surface area (Å²) >= 11 is 1.06. The van der Waals surface area contributed by atoms with Crippen LogP contribution in [0.15, 0.2) is 23.6 Å². The van der Waals surface area contributed by atoms with Crippen LogP contribution in [0.25, 0.3) is 0 Å². The van der Waals surface area contributed by atoms with E-state index in [4.69, 9.17) is 5.11 Å². The Kier molecular flexibility index (Phi) is 4.18. The van der Waals surface area contributed by atoms with Gasteiger partial charge in [-0.2, -0.15) is 0 Å². The van der Waals surface area contributed by atoms with Crippen molar-refractivity contribution in [3.8, 4) is 11.8 Å². The molecule has 0 saturated heterocycles. The SMILES string of the molecule is O=C(Nc1ccc(F)cc1C#CCO)c1csnn1. The van der Waals surface area contributed by atoms with E-state index in [9.17, 15) is 9.18 Å². The van der Waals surface area contributed by atoms with Crippen molar-refractivity contribution in [2.45, 2.75) is 0 Å². The highest BCUT2D eigenvalue weighted by Crippen LogP contribution is 2.17. The molecule has 2 rings (SSSR count). The van der Waals surface area contributed by atoms with Crippen molar-refractivity contribution in [2.75, 3.05) is 11.9 Å². The highest BCUT2D eigenvalue weighted by molar-refractivity contribution is 7.03. The molecule has 19 heavy (non-hydrogen) atoms. The third-order valence-electron chi connectivity index (χ3n) is 2.12. The summed E-state index contributed by atoms with van der Waals surface area (Å²) in [7, 11) is 0. The number of aromatic nitrogens is 2. The number of carbonyl (C=O) groups excluding carboxylic acids is 1. The van der Waals surface area contributed by atoms with Crippen molar-refractivity contribution in [3.63, 3.8) is 0 Å². The lowest BCUT2D eigenvalue weighted by molar-refractivity contribution is 0.102. The van der Waals surface area contributed by atoms with Crippen LogP contribution in [0, 0.1) is 17.7 Å². The summed E-state index contributed by atoms with van der Waals surface area (Å²) in [5.74, 6) is 4.04. The molecule has 1 aromatic heterocycles. The van der Waals surface area contributed by atoms with Crippen molar-refractivity contribution in [1.29, 1.82) is 0 Å². The zero-order valence-corrected chi connectivity index (χ0v) is 10.4. The van der Waals surface area contributed by atoms with Crippen molar-refractivity contribution in [1.82, 2.24) is 9.59 Å². The Labute approximate surface area is 112 Å². The average molecular weight is 277 g/mol. The van der Waals surface area contributed by atoms with Gasteiger partial charge in [0.2, 0.25) is 0 Å². The average Bonchev–Trinajstić information content (AvgIpc) is 2.93. The standard InChI is InChI=1S/C12H8FN3O2S/c13-9-3-4-10(8(6-9)2-1-5-17)14-12(18)11-7-19-16-15-11/h3-4,6-7,17H,5H2,(H,14,18). The Hall–Kier alpha value is -2.30. The van der Waals surface area contributed by atoms with E-state index >= 15 is 0 Å². The predicted octanol–water partition coefficient (Wildman–Crippen LogP) is 1.27. The van der Waals surface area contributed by atoms with E-state index in [-0.39, 0.29) is 17.9 Å². The van der Waals surface area contributed by atoms with Gasteiger partial charge < -0.3 is 10.4 Å². The number of nitrogens with zero attached hydrogens (tertiary/aromatic N) is 2. The van der Waals surface area contributed by atoms with Gasteiger partial charge in [0, 0.05) is 5.38 Å². The maximum Gasteiger partial charge on any atom is 0.277 e. The van der Waals surface area contributed by atoms with Crippen molar-refractivity contribution >= 4 is 23.1 Å². The number of anilines is 1. The molecule has 0 aliphatic rings. The number of halogens is 1. The van der Waals surface area contributed by atoms with Crippen LogP contribution in [-0.4, -0.2) is 27.2 Å². The number of hydrogen-bond acceptors (Lipinski definition) is 5. The Morgan fingerprint density at radius 3 is 3.05 bits per heavy atom. The molecule has 0 fully saturated rings. The molecule has 0 spiro atoms. The van der Waals surface area contributed by atoms with Crippen LogP contribution in [0.2, 0.25) is 0 Å². The minimum Gasteiger partial charge on any atom is -0.384 e. The quantitative estimate of drug-likeness (QED) is 0.811. The van der Waals surface area contributed by atoms with E-state index in [0.717, 1.165) is 11.5 Å². The molecule has 0 unspecified atom stereocenters. The first-order chi connectivity index (χ1) is 9.20. The van der Waals surface area contributed by atoms with E-state index in [1.807, 2.05) is 0 Å². The Bertz CT molecular complexity index is 647. The number of carbonyl (C=O) groups is 1. The molecule has 1 heterocycles. The molecule has 0 aliphatic carbocycles. The summed E-state index contributed by atoms with van der Waals surface area (Å²) in [4.78, 5) is 11.8. The van der Waals surface area contributed by atoms with Crippen molar-refractivity contribution < 1.29 is 14.3 Å². The van der Waals surface area contributed by atoms with Gasteiger partial charge >= 0.3 is 0 Å². The van der Waals surface area contributed by atoms with Gasteiger partial charge in [0.25, 0.3) is 5.91 Å². The van der Waals surface area contributed by atoms with Crippen LogP contribution in [0.4, 0.5) is 10.1 Å². The molecule has 0 bridgehead atoms. The second-order valence-electron chi connectivity index (χ2n) is 3.39. The van der Waals surface area contributed by atoms with Gasteiger partial charge in [-0.15, -0.1) is 5.10 Å². The first-order valence-electron chi connectivity index (χ1n) is 5.18. The van der Waals surface area contributed by atoms with Crippen LogP contribution in [-0.2, 0) is 0 Å². The van der Waals surface area contributed by atoms with Gasteiger partial charge in [-0.05, 0) is 29.7 Å². The topological polar surface area (TPSA) is 75.1 Å². The van der Waals surface area contributed by atoms with Crippen LogP contribution in [0.5, 0.6) is 0 Å². The summed E-state index contributed by atoms with van der Waals surface area (Å²) in [5.41, 5.74) is 0.807. The van der Waals surface area contributed by atoms with Crippen LogP contribution in [0.1, 0.15) is 16.1 Å². The Morgan fingerprint density at radius 1 is 1.53 bits per heavy atom. The Morgan fingerprint density at radius 2 is 2.37 bits per heavy atom. The second kappa shape index (κ2) is 6.04. The summed E-state index contributed by atoms with van der Waals surface area (Å²) in [6.45, 7) is -0.347. The molecule has 5 nitrogen and oxygen atoms in total. The molecular weight excluding hydrogens is 269 g/mol. The van der Waals surface area contributed by atoms with E-state index in [1.165, 1.54) is 23.6 Å². The fourth-order valence-corrected chi connectivity index (χ4v) is 1.75. The molecule has 2 N–H and O–H groups in total. The lowest BCUT2D eigenvalue weighted by atomic mass is 10.1. The molecule has 1 aromatic carbocycles. The fourth-order valence-electron chi connectivity index (χ4n) is 1.31. The maximum absolute atomic E-state index is 13.1. The lowest BCUT2D eigenvalue weighted by Crippen LogP contribution is -2.13. The number of aliphatic hydroxyl groups is 1. The monoisotopic (exact) mass is 277 g/mol. The molecule has 0 atom stereocenters. The van der Waals surface area contributed by atoms with Gasteiger partial charge in [0.05, 0.1) is 11.3 Å². The molecule has 1 amide bonds. The first kappa shape index (κ1) is 13.1. The number of amides is 1. The third-order valence-corrected chi connectivity index (χ3v) is 2.63. The largest absolute Gasteiger partial charge is 0.384 e. The highest BCUT2D eigenvalue weighted by atomic mass is 32.1. The molecule has 0 radical (unpaired) electrons. The van der Waals surface area contributed by atoms with E-state index in [2.05, 4.69) is 26.7 Å². The minimum atomic E-state index is -0.476. The molecule has 0 saturated carbocycles. The van der Waals surface area contributed by atoms with Gasteiger partial charge in [-0.25, -0.2) is 4.39 Å². The summed E-state index contributed by atoms with van der Waals surface area (Å²) in [5, 5.41) is 16.3. The van der Waals surface area contributed by atoms with Gasteiger partial charge in [0.15, 0.2) is 5.69 Å². The number of nitrogens with one attached hydrogen (secondary N) is 1. The normalized spacial score (nSPS) is 9.58. The molecule has 0 aliphatic heterocycles. The van der Waals surface area contributed by atoms with Crippen LogP contribution >= 0.6 is 11.5 Å². The van der Waals surface area contributed by atoms with Crippen LogP contribution < -0.4 is 5.32 Å². The van der Waals surface area contributed by atoms with E-state index in [1.54, 1.807) is 0 Å². The summed E-state index contributed by atoms with van der Waals surface area (Å²) in [6, 6.07) is 3.78. The first-order valence-corrected chi connectivity index (χ1v) is 6.02. The van der Waals surface area contributed by atoms with Crippen molar-refractivity contribution in [2.24, 2.45) is 0 Å². The summed E-state index contributed by atoms with van der Waals surface area (Å²) < 4.78 is 16.7. The zero-order valence-electron chi connectivity index (χ0n) is 9.55. The van der Waals surface area contributed by atoms with Crippen molar-refractivity contribution in [3.05, 3.63) is 40.7 Å².